The van der Waals surface area contributed by atoms with Crippen molar-refractivity contribution in [2.24, 2.45) is 0 Å². The summed E-state index contributed by atoms with van der Waals surface area (Å²) in [6.07, 6.45) is 3.13. The first kappa shape index (κ1) is 19.3. The number of benzene rings is 1. The highest BCUT2D eigenvalue weighted by atomic mass is 32.2. The average molecular weight is 380 g/mol. The minimum absolute atomic E-state index is 0.116. The van der Waals surface area contributed by atoms with E-state index in [9.17, 15) is 13.2 Å². The van der Waals surface area contributed by atoms with Gasteiger partial charge in [0, 0.05) is 39.3 Å². The van der Waals surface area contributed by atoms with Crippen LogP contribution in [0, 0.1) is 0 Å². The Morgan fingerprint density at radius 3 is 2.35 bits per heavy atom. The molecule has 1 aliphatic carbocycles. The molecule has 1 aromatic rings. The Bertz CT molecular complexity index is 751. The van der Waals surface area contributed by atoms with Gasteiger partial charge in [0.1, 0.15) is 0 Å². The summed E-state index contributed by atoms with van der Waals surface area (Å²) in [6, 6.07) is 5.57. The maximum atomic E-state index is 12.9. The van der Waals surface area contributed by atoms with E-state index < -0.39 is 10.0 Å². The Morgan fingerprint density at radius 2 is 1.69 bits per heavy atom. The highest BCUT2D eigenvalue weighted by molar-refractivity contribution is 7.89. The van der Waals surface area contributed by atoms with Crippen LogP contribution in [0.3, 0.4) is 0 Å². The second-order valence-corrected chi connectivity index (χ2v) is 8.97. The van der Waals surface area contributed by atoms with Crippen LogP contribution in [0.25, 0.3) is 0 Å². The lowest BCUT2D eigenvalue weighted by Gasteiger charge is -2.34. The fourth-order valence-corrected chi connectivity index (χ4v) is 5.33. The van der Waals surface area contributed by atoms with Gasteiger partial charge in [-0.2, -0.15) is 4.31 Å². The zero-order chi connectivity index (χ0) is 18.7. The molecule has 144 valence electrons. The third-order valence-corrected chi connectivity index (χ3v) is 7.41. The van der Waals surface area contributed by atoms with E-state index in [4.69, 9.17) is 0 Å². The molecule has 1 saturated heterocycles. The predicted molar refractivity (Wildman–Crippen MR) is 102 cm³/mol. The monoisotopic (exact) mass is 379 g/mol. The van der Waals surface area contributed by atoms with Gasteiger partial charge in [-0.05, 0) is 56.4 Å². The smallest absolute Gasteiger partial charge is 0.243 e. The number of piperazine rings is 1. The Labute approximate surface area is 156 Å². The van der Waals surface area contributed by atoms with E-state index in [2.05, 4.69) is 4.90 Å². The number of aryl methyl sites for hydroxylation is 2. The molecule has 6 nitrogen and oxygen atoms in total. The molecule has 2 aliphatic rings. The number of carbonyl (C=O) groups excluding carboxylic acids is 1. The minimum Gasteiger partial charge on any atom is -0.342 e. The maximum absolute atomic E-state index is 12.9. The lowest BCUT2D eigenvalue weighted by atomic mass is 10.1. The first-order chi connectivity index (χ1) is 12.5. The normalized spacial score (nSPS) is 18.7. The predicted octanol–water partition coefficient (Wildman–Crippen LogP) is 1.35. The van der Waals surface area contributed by atoms with Gasteiger partial charge in [0.05, 0.1) is 11.4 Å². The van der Waals surface area contributed by atoms with Crippen LogP contribution in [0.15, 0.2) is 23.1 Å². The number of amides is 1. The molecule has 0 spiro atoms. The second kappa shape index (κ2) is 8.06. The van der Waals surface area contributed by atoms with Crippen molar-refractivity contribution in [3.63, 3.8) is 0 Å². The SMILES string of the molecule is CCN(CC)C(=O)CN1CCN(S(=O)(=O)c2ccc3c(c2)CCC3)CC1. The third-order valence-electron chi connectivity index (χ3n) is 5.51. The van der Waals surface area contributed by atoms with Crippen molar-refractivity contribution in [2.45, 2.75) is 38.0 Å². The van der Waals surface area contributed by atoms with Crippen LogP contribution in [0.1, 0.15) is 31.4 Å². The zero-order valence-electron chi connectivity index (χ0n) is 15.8. The van der Waals surface area contributed by atoms with Crippen molar-refractivity contribution in [1.29, 1.82) is 0 Å². The molecule has 26 heavy (non-hydrogen) atoms. The summed E-state index contributed by atoms with van der Waals surface area (Å²) in [5.74, 6) is 0.116. The topological polar surface area (TPSA) is 60.9 Å². The molecule has 0 saturated carbocycles. The number of rotatable bonds is 6. The second-order valence-electron chi connectivity index (χ2n) is 7.03. The van der Waals surface area contributed by atoms with Crippen LogP contribution < -0.4 is 0 Å². The first-order valence-corrected chi connectivity index (χ1v) is 11.0. The maximum Gasteiger partial charge on any atom is 0.243 e. The van der Waals surface area contributed by atoms with E-state index in [1.54, 1.807) is 10.4 Å². The summed E-state index contributed by atoms with van der Waals surface area (Å²) in [5.41, 5.74) is 2.46. The van der Waals surface area contributed by atoms with Gasteiger partial charge in [-0.1, -0.05) is 6.07 Å². The molecule has 3 rings (SSSR count). The van der Waals surface area contributed by atoms with E-state index in [1.165, 1.54) is 11.1 Å². The lowest BCUT2D eigenvalue weighted by Crippen LogP contribution is -2.51. The standard InChI is InChI=1S/C19H29N3O3S/c1-3-21(4-2)19(23)15-20-10-12-22(13-11-20)26(24,25)18-9-8-16-6-5-7-17(16)14-18/h8-9,14H,3-7,10-13,15H2,1-2H3. The van der Waals surface area contributed by atoms with E-state index in [-0.39, 0.29) is 5.91 Å². The van der Waals surface area contributed by atoms with Gasteiger partial charge in [0.15, 0.2) is 0 Å². The Balaban J connectivity index is 1.61. The van der Waals surface area contributed by atoms with Crippen LogP contribution in [0.5, 0.6) is 0 Å². The Hall–Kier alpha value is -1.44. The van der Waals surface area contributed by atoms with E-state index in [1.807, 2.05) is 30.9 Å². The molecule has 1 aliphatic heterocycles. The molecule has 0 atom stereocenters. The molecule has 1 fully saturated rings. The van der Waals surface area contributed by atoms with Crippen LogP contribution in [0.2, 0.25) is 0 Å². The van der Waals surface area contributed by atoms with Crippen molar-refractivity contribution < 1.29 is 13.2 Å². The van der Waals surface area contributed by atoms with E-state index in [0.717, 1.165) is 19.3 Å². The number of sulfonamides is 1. The molecule has 0 bridgehead atoms. The summed E-state index contributed by atoms with van der Waals surface area (Å²) in [6.45, 7) is 7.80. The third kappa shape index (κ3) is 3.94. The van der Waals surface area contributed by atoms with Crippen LogP contribution in [-0.2, 0) is 27.7 Å². The van der Waals surface area contributed by atoms with Gasteiger partial charge < -0.3 is 4.90 Å². The largest absolute Gasteiger partial charge is 0.342 e. The summed E-state index contributed by atoms with van der Waals surface area (Å²) in [5, 5.41) is 0. The molecule has 0 radical (unpaired) electrons. The minimum atomic E-state index is -3.45. The van der Waals surface area contributed by atoms with Gasteiger partial charge in [0.25, 0.3) is 0 Å². The van der Waals surface area contributed by atoms with Crippen LogP contribution in [-0.4, -0.2) is 74.2 Å². The van der Waals surface area contributed by atoms with Crippen molar-refractivity contribution in [1.82, 2.24) is 14.1 Å². The summed E-state index contributed by atoms with van der Waals surface area (Å²) in [4.78, 5) is 16.5. The number of hydrogen-bond donors (Lipinski definition) is 0. The fourth-order valence-electron chi connectivity index (χ4n) is 3.85. The number of fused-ring (bicyclic) bond motifs is 1. The molecule has 0 unspecified atom stereocenters. The highest BCUT2D eigenvalue weighted by Crippen LogP contribution is 2.26. The molecule has 0 aromatic heterocycles. The van der Waals surface area contributed by atoms with Gasteiger partial charge in [-0.15, -0.1) is 0 Å². The number of likely N-dealkylation sites (N-methyl/N-ethyl adjacent to an activating group) is 1. The molecular formula is C19H29N3O3S. The van der Waals surface area contributed by atoms with E-state index >= 15 is 0 Å². The fraction of sp³-hybridized carbons (Fsp3) is 0.632. The molecular weight excluding hydrogens is 350 g/mol. The van der Waals surface area contributed by atoms with Crippen molar-refractivity contribution >= 4 is 15.9 Å². The van der Waals surface area contributed by atoms with Crippen LogP contribution >= 0.6 is 0 Å². The van der Waals surface area contributed by atoms with Crippen LogP contribution in [0.4, 0.5) is 0 Å². The lowest BCUT2D eigenvalue weighted by molar-refractivity contribution is -0.132. The first-order valence-electron chi connectivity index (χ1n) is 9.57. The summed E-state index contributed by atoms with van der Waals surface area (Å²) in [7, 11) is -3.45. The summed E-state index contributed by atoms with van der Waals surface area (Å²) >= 11 is 0. The Morgan fingerprint density at radius 1 is 1.04 bits per heavy atom. The van der Waals surface area contributed by atoms with Crippen molar-refractivity contribution in [3.8, 4) is 0 Å². The average Bonchev–Trinajstić information content (AvgIpc) is 3.11. The zero-order valence-corrected chi connectivity index (χ0v) is 16.6. The van der Waals surface area contributed by atoms with Gasteiger partial charge >= 0.3 is 0 Å². The van der Waals surface area contributed by atoms with Gasteiger partial charge in [0.2, 0.25) is 15.9 Å². The number of nitrogens with zero attached hydrogens (tertiary/aromatic N) is 3. The Kier molecular flexibility index (Phi) is 5.99. The van der Waals surface area contributed by atoms with Crippen molar-refractivity contribution in [3.05, 3.63) is 29.3 Å². The van der Waals surface area contributed by atoms with E-state index in [0.29, 0.717) is 50.7 Å². The molecule has 7 heteroatoms. The molecule has 1 amide bonds. The molecule has 1 aromatic carbocycles. The molecule has 1 heterocycles. The van der Waals surface area contributed by atoms with Gasteiger partial charge in [-0.25, -0.2) is 8.42 Å². The van der Waals surface area contributed by atoms with Crippen molar-refractivity contribution in [2.75, 3.05) is 45.8 Å². The number of carbonyl (C=O) groups is 1. The quantitative estimate of drug-likeness (QED) is 0.749. The molecule has 0 N–H and O–H groups in total. The van der Waals surface area contributed by atoms with Gasteiger partial charge in [-0.3, -0.25) is 9.69 Å². The highest BCUT2D eigenvalue weighted by Gasteiger charge is 2.30. The summed E-state index contributed by atoms with van der Waals surface area (Å²) < 4.78 is 27.5. The number of hydrogen-bond acceptors (Lipinski definition) is 4.